The summed E-state index contributed by atoms with van der Waals surface area (Å²) in [6, 6.07) is 110. The smallest absolute Gasteiger partial charge is 0.0543 e. The van der Waals surface area contributed by atoms with Gasteiger partial charge in [0.1, 0.15) is 0 Å². The summed E-state index contributed by atoms with van der Waals surface area (Å²) in [6.07, 6.45) is 14.4. The lowest BCUT2D eigenvalue weighted by atomic mass is 9.70. The van der Waals surface area contributed by atoms with E-state index in [1.54, 1.807) is 0 Å². The molecule has 0 N–H and O–H groups in total. The molecule has 0 radical (unpaired) electrons. The van der Waals surface area contributed by atoms with Gasteiger partial charge in [-0.1, -0.05) is 266 Å². The van der Waals surface area contributed by atoms with Gasteiger partial charge in [0, 0.05) is 79.6 Å². The molecule has 0 spiro atoms. The van der Waals surface area contributed by atoms with E-state index in [1.807, 2.05) is 22.7 Å². The number of anilines is 6. The highest BCUT2D eigenvalue weighted by Crippen LogP contribution is 2.60. The van der Waals surface area contributed by atoms with Crippen molar-refractivity contribution in [1.82, 2.24) is 0 Å². The van der Waals surface area contributed by atoms with E-state index in [9.17, 15) is 0 Å². The number of rotatable bonds is 22. The van der Waals surface area contributed by atoms with Crippen molar-refractivity contribution in [1.29, 1.82) is 0 Å². The molecule has 0 unspecified atom stereocenters. The highest BCUT2D eigenvalue weighted by Gasteiger charge is 2.44. The molecule has 2 nitrogen and oxygen atoms in total. The minimum atomic E-state index is -0.266. The quantitative estimate of drug-likeness (QED) is 0.0624. The number of fused-ring (bicyclic) bond motifs is 11. The largest absolute Gasteiger partial charge is 0.310 e. The summed E-state index contributed by atoms with van der Waals surface area (Å²) in [6.45, 7) is 4.69. The van der Waals surface area contributed by atoms with Gasteiger partial charge in [-0.05, 0) is 188 Å². The Morgan fingerprint density at radius 3 is 1.17 bits per heavy atom. The second kappa shape index (κ2) is 26.5. The molecule has 4 heteroatoms. The van der Waals surface area contributed by atoms with Crippen LogP contribution in [0.25, 0.3) is 107 Å². The van der Waals surface area contributed by atoms with E-state index in [1.165, 1.54) is 181 Å². The first-order valence-electron chi connectivity index (χ1n) is 34.7. The maximum atomic E-state index is 2.70. The SMILES string of the molecule is CCCCCCCC1(CCCCCCC)c2cc(N(c3ccc(-c4cccc(-c5ccccc5)c4)cc3)c3ccc4sc5ccccc5c4c3)ccc2-c2c1cc(N(c1ccc(-c3cccc(-c4ccccc4)c3)cc1)c1ccc3sc4ccccc4c3c1)c1ccccc21. The van der Waals surface area contributed by atoms with E-state index in [2.05, 4.69) is 315 Å². The zero-order chi connectivity index (χ0) is 63.7. The molecule has 2 heterocycles. The molecule has 1 aliphatic rings. The fourth-order valence-electron chi connectivity index (χ4n) is 15.6. The third-order valence-corrected chi connectivity index (χ3v) is 22.6. The van der Waals surface area contributed by atoms with Crippen LogP contribution in [0.1, 0.15) is 102 Å². The van der Waals surface area contributed by atoms with Crippen LogP contribution in [0.5, 0.6) is 0 Å². The van der Waals surface area contributed by atoms with Crippen molar-refractivity contribution in [3.8, 4) is 55.6 Å². The second-order valence-corrected chi connectivity index (χ2v) is 28.4. The van der Waals surface area contributed by atoms with Gasteiger partial charge in [-0.3, -0.25) is 0 Å². The average Bonchev–Trinajstić information content (AvgIpc) is 1.55. The summed E-state index contributed by atoms with van der Waals surface area (Å²) >= 11 is 3.77. The van der Waals surface area contributed by atoms with Crippen molar-refractivity contribution < 1.29 is 0 Å². The molecule has 0 saturated heterocycles. The van der Waals surface area contributed by atoms with Gasteiger partial charge in [-0.15, -0.1) is 22.7 Å². The summed E-state index contributed by atoms with van der Waals surface area (Å²) in [5.74, 6) is 0. The number of nitrogens with zero attached hydrogens (tertiary/aromatic N) is 2. The fraction of sp³-hybridized carbons (Fsp3) is 0.165. The van der Waals surface area contributed by atoms with Gasteiger partial charge in [0.2, 0.25) is 0 Å². The van der Waals surface area contributed by atoms with Crippen molar-refractivity contribution >= 4 is 108 Å². The zero-order valence-electron chi connectivity index (χ0n) is 54.4. The molecule has 0 saturated carbocycles. The Labute approximate surface area is 568 Å². The Morgan fingerprint density at radius 1 is 0.263 bits per heavy atom. The molecule has 464 valence electrons. The summed E-state index contributed by atoms with van der Waals surface area (Å²) in [5.41, 5.74) is 22.2. The molecule has 13 aromatic carbocycles. The van der Waals surface area contributed by atoms with Crippen LogP contribution in [-0.4, -0.2) is 0 Å². The molecule has 0 bridgehead atoms. The normalized spacial score (nSPS) is 12.5. The maximum Gasteiger partial charge on any atom is 0.0543 e. The molecule has 2 aromatic heterocycles. The van der Waals surface area contributed by atoms with E-state index in [-0.39, 0.29) is 5.41 Å². The minimum Gasteiger partial charge on any atom is -0.310 e. The van der Waals surface area contributed by atoms with Crippen molar-refractivity contribution in [3.05, 3.63) is 302 Å². The molecule has 1 aliphatic carbocycles. The van der Waals surface area contributed by atoms with Gasteiger partial charge >= 0.3 is 0 Å². The minimum absolute atomic E-state index is 0.266. The number of hydrogen-bond donors (Lipinski definition) is 0. The number of benzene rings is 13. The molecule has 0 amide bonds. The third-order valence-electron chi connectivity index (χ3n) is 20.3. The standard InChI is InChI=1S/C91H78N2S2/c1-3-5-7-9-23-55-91(56-24-10-8-6-4-2)83-61-75(92(73-50-53-88-81(59-73)77-36-19-21-39-86(77)94-88)71-45-41-65(42-46-71)69-33-25-31-67(57-69)63-27-13-11-14-28-63)49-52-80(83)90-79-38-18-17-35-76(79)85(62-84(90)91)93(74-51-54-89-82(60-74)78-37-20-22-40-87(78)95-89)72-47-43-66(44-48-72)70-34-26-32-68(58-70)64-29-15-12-16-30-64/h11-22,25-54,57-62H,3-10,23-24,55-56H2,1-2H3. The molecule has 16 rings (SSSR count). The Balaban J connectivity index is 0.890. The van der Waals surface area contributed by atoms with Crippen molar-refractivity contribution in [2.45, 2.75) is 96.3 Å². The first-order chi connectivity index (χ1) is 47.0. The van der Waals surface area contributed by atoms with Crippen LogP contribution in [0.3, 0.4) is 0 Å². The van der Waals surface area contributed by atoms with E-state index >= 15 is 0 Å². The van der Waals surface area contributed by atoms with E-state index in [0.29, 0.717) is 0 Å². The molecule has 0 fully saturated rings. The summed E-state index contributed by atoms with van der Waals surface area (Å²) in [4.78, 5) is 5.16. The molecule has 0 aliphatic heterocycles. The first-order valence-corrected chi connectivity index (χ1v) is 36.3. The summed E-state index contributed by atoms with van der Waals surface area (Å²) in [7, 11) is 0. The highest BCUT2D eigenvalue weighted by molar-refractivity contribution is 7.26. The zero-order valence-corrected chi connectivity index (χ0v) is 56.0. The van der Waals surface area contributed by atoms with Crippen molar-refractivity contribution in [2.75, 3.05) is 9.80 Å². The summed E-state index contributed by atoms with van der Waals surface area (Å²) in [5, 5.41) is 7.77. The van der Waals surface area contributed by atoms with Gasteiger partial charge in [-0.2, -0.15) is 0 Å². The lowest BCUT2D eigenvalue weighted by molar-refractivity contribution is 0.399. The maximum absolute atomic E-state index is 2.70. The van der Waals surface area contributed by atoms with Crippen LogP contribution in [0, 0.1) is 0 Å². The predicted octanol–water partition coefficient (Wildman–Crippen LogP) is 28.2. The van der Waals surface area contributed by atoms with E-state index < -0.39 is 0 Å². The lowest BCUT2D eigenvalue weighted by Gasteiger charge is -2.35. The van der Waals surface area contributed by atoms with Crippen LogP contribution < -0.4 is 9.80 Å². The lowest BCUT2D eigenvalue weighted by Crippen LogP contribution is -2.26. The monoisotopic (exact) mass is 1260 g/mol. The molecule has 95 heavy (non-hydrogen) atoms. The Hall–Kier alpha value is -9.84. The highest BCUT2D eigenvalue weighted by atomic mass is 32.1. The average molecular weight is 1260 g/mol. The summed E-state index contributed by atoms with van der Waals surface area (Å²) < 4.78 is 5.25. The Kier molecular flexibility index (Phi) is 16.8. The number of hydrogen-bond acceptors (Lipinski definition) is 4. The first kappa shape index (κ1) is 60.1. The third kappa shape index (κ3) is 11.5. The van der Waals surface area contributed by atoms with Gasteiger partial charge in [0.15, 0.2) is 0 Å². The number of unbranched alkanes of at least 4 members (excludes halogenated alkanes) is 8. The van der Waals surface area contributed by atoms with Crippen molar-refractivity contribution in [2.24, 2.45) is 0 Å². The van der Waals surface area contributed by atoms with Crippen LogP contribution in [-0.2, 0) is 5.41 Å². The van der Waals surface area contributed by atoms with Crippen LogP contribution in [0.4, 0.5) is 34.1 Å². The van der Waals surface area contributed by atoms with Gasteiger partial charge in [0.05, 0.1) is 5.69 Å². The molecular formula is C91H78N2S2. The van der Waals surface area contributed by atoms with Crippen molar-refractivity contribution in [3.63, 3.8) is 0 Å². The molecular weight excluding hydrogens is 1190 g/mol. The van der Waals surface area contributed by atoms with Crippen LogP contribution in [0.15, 0.2) is 291 Å². The van der Waals surface area contributed by atoms with Gasteiger partial charge in [-0.25, -0.2) is 0 Å². The van der Waals surface area contributed by atoms with E-state index in [0.717, 1.165) is 48.4 Å². The van der Waals surface area contributed by atoms with Crippen LogP contribution in [0.2, 0.25) is 0 Å². The van der Waals surface area contributed by atoms with Crippen LogP contribution >= 0.6 is 22.7 Å². The topological polar surface area (TPSA) is 6.48 Å². The number of thiophene rings is 2. The second-order valence-electron chi connectivity index (χ2n) is 26.2. The Bertz CT molecular complexity index is 5220. The van der Waals surface area contributed by atoms with Gasteiger partial charge < -0.3 is 9.80 Å². The van der Waals surface area contributed by atoms with Gasteiger partial charge in [0.25, 0.3) is 0 Å². The van der Waals surface area contributed by atoms with E-state index in [4.69, 9.17) is 0 Å². The predicted molar refractivity (Wildman–Crippen MR) is 414 cm³/mol. The molecule has 15 aromatic rings. The Morgan fingerprint density at radius 2 is 0.653 bits per heavy atom. The fourth-order valence-corrected chi connectivity index (χ4v) is 17.7. The molecule has 0 atom stereocenters.